The van der Waals surface area contributed by atoms with Crippen LogP contribution in [0.4, 0.5) is 5.69 Å². The Hall–Kier alpha value is -2.21. The van der Waals surface area contributed by atoms with E-state index >= 15 is 0 Å². The van der Waals surface area contributed by atoms with Crippen molar-refractivity contribution in [2.75, 3.05) is 25.5 Å². The molecule has 0 saturated carbocycles. The van der Waals surface area contributed by atoms with E-state index in [1.54, 1.807) is 36.2 Å². The number of Topliss-reactive ketones (excluding diaryl/α,β-unsaturated/α-hetero) is 1. The number of nitrogens with zero attached hydrogens (tertiary/aromatic N) is 1. The first kappa shape index (κ1) is 18.8. The molecule has 0 aromatic heterocycles. The quantitative estimate of drug-likeness (QED) is 0.782. The first-order chi connectivity index (χ1) is 10.6. The smallest absolute Gasteiger partial charge is 0.238 e. The SMILES string of the molecule is CC(=O)c1ccc(NC(=O)CN(C)CC(=O)NC(C)(C)C)cc1. The fraction of sp³-hybridized carbons (Fsp3) is 0.471. The van der Waals surface area contributed by atoms with Gasteiger partial charge in [0.2, 0.25) is 11.8 Å². The first-order valence-corrected chi connectivity index (χ1v) is 7.47. The van der Waals surface area contributed by atoms with Crippen LogP contribution in [0.3, 0.4) is 0 Å². The third-order valence-corrected chi connectivity index (χ3v) is 2.92. The van der Waals surface area contributed by atoms with Crippen LogP contribution in [-0.2, 0) is 9.59 Å². The Bertz CT molecular complexity index is 574. The summed E-state index contributed by atoms with van der Waals surface area (Å²) in [5.41, 5.74) is 0.921. The van der Waals surface area contributed by atoms with Gasteiger partial charge in [0.1, 0.15) is 0 Å². The van der Waals surface area contributed by atoms with Gasteiger partial charge < -0.3 is 10.6 Å². The van der Waals surface area contributed by atoms with Crippen LogP contribution in [0.1, 0.15) is 38.1 Å². The Balaban J connectivity index is 2.46. The average Bonchev–Trinajstić information content (AvgIpc) is 2.36. The molecule has 1 aromatic carbocycles. The van der Waals surface area contributed by atoms with Crippen LogP contribution in [0, 0.1) is 0 Å². The van der Waals surface area contributed by atoms with Gasteiger partial charge in [-0.2, -0.15) is 0 Å². The lowest BCUT2D eigenvalue weighted by Crippen LogP contribution is -2.46. The van der Waals surface area contributed by atoms with Crippen LogP contribution in [0.15, 0.2) is 24.3 Å². The molecule has 0 fully saturated rings. The Kier molecular flexibility index (Phi) is 6.45. The lowest BCUT2D eigenvalue weighted by Gasteiger charge is -2.23. The fourth-order valence-electron chi connectivity index (χ4n) is 1.99. The van der Waals surface area contributed by atoms with Crippen molar-refractivity contribution in [1.82, 2.24) is 10.2 Å². The third kappa shape index (κ3) is 7.56. The minimum atomic E-state index is -0.293. The van der Waals surface area contributed by atoms with Crippen molar-refractivity contribution in [3.8, 4) is 0 Å². The van der Waals surface area contributed by atoms with Crippen LogP contribution in [0.2, 0.25) is 0 Å². The number of likely N-dealkylation sites (N-methyl/N-ethyl adjacent to an activating group) is 1. The highest BCUT2D eigenvalue weighted by molar-refractivity contribution is 5.96. The van der Waals surface area contributed by atoms with E-state index in [9.17, 15) is 14.4 Å². The number of carbonyl (C=O) groups is 3. The van der Waals surface area contributed by atoms with Crippen LogP contribution in [0.25, 0.3) is 0 Å². The summed E-state index contributed by atoms with van der Waals surface area (Å²) in [5, 5.41) is 5.58. The highest BCUT2D eigenvalue weighted by Gasteiger charge is 2.16. The van der Waals surface area contributed by atoms with E-state index < -0.39 is 0 Å². The third-order valence-electron chi connectivity index (χ3n) is 2.92. The fourth-order valence-corrected chi connectivity index (χ4v) is 1.99. The number of amides is 2. The van der Waals surface area contributed by atoms with Gasteiger partial charge in [-0.25, -0.2) is 0 Å². The van der Waals surface area contributed by atoms with E-state index in [2.05, 4.69) is 10.6 Å². The second-order valence-electron chi connectivity index (χ2n) is 6.65. The second-order valence-corrected chi connectivity index (χ2v) is 6.65. The highest BCUT2D eigenvalue weighted by atomic mass is 16.2. The molecule has 0 aliphatic carbocycles. The van der Waals surface area contributed by atoms with Crippen LogP contribution in [0.5, 0.6) is 0 Å². The van der Waals surface area contributed by atoms with Crippen molar-refractivity contribution in [2.45, 2.75) is 33.2 Å². The van der Waals surface area contributed by atoms with E-state index in [-0.39, 0.29) is 36.2 Å². The summed E-state index contributed by atoms with van der Waals surface area (Å²) in [6.07, 6.45) is 0. The molecular formula is C17H25N3O3. The van der Waals surface area contributed by atoms with Crippen molar-refractivity contribution in [1.29, 1.82) is 0 Å². The number of hydrogen-bond donors (Lipinski definition) is 2. The van der Waals surface area contributed by atoms with Crippen molar-refractivity contribution < 1.29 is 14.4 Å². The largest absolute Gasteiger partial charge is 0.350 e. The van der Waals surface area contributed by atoms with Crippen molar-refractivity contribution in [3.63, 3.8) is 0 Å². The number of ketones is 1. The van der Waals surface area contributed by atoms with E-state index in [4.69, 9.17) is 0 Å². The lowest BCUT2D eigenvalue weighted by atomic mass is 10.1. The molecule has 0 unspecified atom stereocenters. The predicted molar refractivity (Wildman–Crippen MR) is 90.5 cm³/mol. The Morgan fingerprint density at radius 2 is 1.52 bits per heavy atom. The molecule has 0 saturated heterocycles. The number of anilines is 1. The predicted octanol–water partition coefficient (Wildman–Crippen LogP) is 1.67. The van der Waals surface area contributed by atoms with E-state index in [0.29, 0.717) is 11.3 Å². The van der Waals surface area contributed by atoms with E-state index in [1.807, 2.05) is 20.8 Å². The maximum atomic E-state index is 12.0. The van der Waals surface area contributed by atoms with Crippen molar-refractivity contribution in [3.05, 3.63) is 29.8 Å². The molecule has 1 aromatic rings. The molecule has 6 nitrogen and oxygen atoms in total. The molecule has 2 amide bonds. The Morgan fingerprint density at radius 3 is 2.00 bits per heavy atom. The average molecular weight is 319 g/mol. The van der Waals surface area contributed by atoms with E-state index in [0.717, 1.165) is 0 Å². The minimum Gasteiger partial charge on any atom is -0.350 e. The number of rotatable bonds is 6. The minimum absolute atomic E-state index is 0.0209. The van der Waals surface area contributed by atoms with Gasteiger partial charge in [0.25, 0.3) is 0 Å². The molecule has 2 N–H and O–H groups in total. The van der Waals surface area contributed by atoms with Crippen LogP contribution >= 0.6 is 0 Å². The summed E-state index contributed by atoms with van der Waals surface area (Å²) >= 11 is 0. The van der Waals surface area contributed by atoms with Gasteiger partial charge in [-0.15, -0.1) is 0 Å². The van der Waals surface area contributed by atoms with E-state index in [1.165, 1.54) is 6.92 Å². The summed E-state index contributed by atoms with van der Waals surface area (Å²) in [6.45, 7) is 7.46. The zero-order valence-electron chi connectivity index (χ0n) is 14.4. The maximum Gasteiger partial charge on any atom is 0.238 e. The Morgan fingerprint density at radius 1 is 1.00 bits per heavy atom. The maximum absolute atomic E-state index is 12.0. The summed E-state index contributed by atoms with van der Waals surface area (Å²) < 4.78 is 0. The standard InChI is InChI=1S/C17H25N3O3/c1-12(21)13-6-8-14(9-7-13)18-15(22)10-20(5)11-16(23)19-17(2,3)4/h6-9H,10-11H2,1-5H3,(H,18,22)(H,19,23). The second kappa shape index (κ2) is 7.87. The molecule has 6 heteroatoms. The zero-order chi connectivity index (χ0) is 17.6. The molecule has 0 atom stereocenters. The van der Waals surface area contributed by atoms with Crippen LogP contribution in [-0.4, -0.2) is 48.2 Å². The van der Waals surface area contributed by atoms with Crippen molar-refractivity contribution >= 4 is 23.3 Å². The van der Waals surface area contributed by atoms with Gasteiger partial charge >= 0.3 is 0 Å². The molecule has 23 heavy (non-hydrogen) atoms. The topological polar surface area (TPSA) is 78.5 Å². The summed E-state index contributed by atoms with van der Waals surface area (Å²) in [5.74, 6) is -0.363. The molecule has 1 rings (SSSR count). The number of nitrogens with one attached hydrogen (secondary N) is 2. The molecule has 0 aliphatic heterocycles. The number of hydrogen-bond acceptors (Lipinski definition) is 4. The van der Waals surface area contributed by atoms with Crippen LogP contribution < -0.4 is 10.6 Å². The highest BCUT2D eigenvalue weighted by Crippen LogP contribution is 2.10. The molecule has 0 spiro atoms. The van der Waals surface area contributed by atoms with Gasteiger partial charge in [-0.05, 0) is 59.0 Å². The van der Waals surface area contributed by atoms with Gasteiger partial charge in [-0.1, -0.05) is 0 Å². The van der Waals surface area contributed by atoms with Crippen molar-refractivity contribution in [2.24, 2.45) is 0 Å². The van der Waals surface area contributed by atoms with Gasteiger partial charge in [0.15, 0.2) is 5.78 Å². The normalized spacial score (nSPS) is 11.2. The molecular weight excluding hydrogens is 294 g/mol. The summed E-state index contributed by atoms with van der Waals surface area (Å²) in [6, 6.07) is 6.69. The van der Waals surface area contributed by atoms with Gasteiger partial charge in [0, 0.05) is 16.8 Å². The lowest BCUT2D eigenvalue weighted by molar-refractivity contribution is -0.124. The van der Waals surface area contributed by atoms with Gasteiger partial charge in [0.05, 0.1) is 13.1 Å². The molecule has 0 radical (unpaired) electrons. The molecule has 0 heterocycles. The van der Waals surface area contributed by atoms with Gasteiger partial charge in [-0.3, -0.25) is 19.3 Å². The first-order valence-electron chi connectivity index (χ1n) is 7.47. The number of carbonyl (C=O) groups excluding carboxylic acids is 3. The molecule has 0 aliphatic rings. The summed E-state index contributed by atoms with van der Waals surface area (Å²) in [4.78, 5) is 36.6. The zero-order valence-corrected chi connectivity index (χ0v) is 14.4. The number of benzene rings is 1. The molecule has 0 bridgehead atoms. The summed E-state index contributed by atoms with van der Waals surface area (Å²) in [7, 11) is 1.71. The Labute approximate surface area is 137 Å². The monoisotopic (exact) mass is 319 g/mol. The molecule has 126 valence electrons.